The van der Waals surface area contributed by atoms with Gasteiger partial charge in [0.05, 0.1) is 16.6 Å². The number of carbonyl (C=O) groups excluding carboxylic acids is 2. The van der Waals surface area contributed by atoms with Crippen molar-refractivity contribution < 1.29 is 31.9 Å². The van der Waals surface area contributed by atoms with Gasteiger partial charge >= 0.3 is 5.97 Å². The van der Waals surface area contributed by atoms with Crippen LogP contribution >= 0.6 is 0 Å². The number of imidazole rings is 1. The van der Waals surface area contributed by atoms with Crippen molar-refractivity contribution in [3.05, 3.63) is 83.4 Å². The molecule has 0 aliphatic carbocycles. The lowest BCUT2D eigenvalue weighted by Crippen LogP contribution is -2.23. The second-order valence-corrected chi connectivity index (χ2v) is 6.62. The first-order valence-electron chi connectivity index (χ1n) is 9.19. The molecule has 1 aromatic heterocycles. The highest BCUT2D eigenvalue weighted by Crippen LogP contribution is 2.25. The van der Waals surface area contributed by atoms with Gasteiger partial charge in [0.15, 0.2) is 29.9 Å². The van der Waals surface area contributed by atoms with Gasteiger partial charge in [0.1, 0.15) is 11.5 Å². The third-order valence-electron chi connectivity index (χ3n) is 4.50. The average Bonchev–Trinajstić information content (AvgIpc) is 3.23. The highest BCUT2D eigenvalue weighted by Gasteiger charge is 2.22. The molecule has 4 aromatic rings. The van der Waals surface area contributed by atoms with Crippen LogP contribution in [0.4, 0.5) is 23.2 Å². The van der Waals surface area contributed by atoms with Gasteiger partial charge in [-0.2, -0.15) is 0 Å². The monoisotopic (exact) mass is 443 g/mol. The highest BCUT2D eigenvalue weighted by molar-refractivity contribution is 5.99. The molecular weight excluding hydrogens is 430 g/mol. The summed E-state index contributed by atoms with van der Waals surface area (Å²) in [7, 11) is 0. The Balaban J connectivity index is 1.50. The van der Waals surface area contributed by atoms with Crippen molar-refractivity contribution in [1.82, 2.24) is 9.97 Å². The van der Waals surface area contributed by atoms with Crippen molar-refractivity contribution >= 4 is 28.6 Å². The van der Waals surface area contributed by atoms with Crippen LogP contribution in [-0.4, -0.2) is 28.5 Å². The van der Waals surface area contributed by atoms with Gasteiger partial charge in [-0.1, -0.05) is 30.3 Å². The fourth-order valence-electron chi connectivity index (χ4n) is 3.02. The Kier molecular flexibility index (Phi) is 5.59. The molecule has 3 aromatic carbocycles. The Morgan fingerprint density at radius 2 is 1.59 bits per heavy atom. The fourth-order valence-corrected chi connectivity index (χ4v) is 3.02. The fraction of sp³-hybridized carbons (Fsp3) is 0.0455. The molecule has 1 heterocycles. The van der Waals surface area contributed by atoms with Crippen molar-refractivity contribution in [1.29, 1.82) is 0 Å². The van der Waals surface area contributed by atoms with E-state index in [4.69, 9.17) is 4.74 Å². The molecule has 6 nitrogen and oxygen atoms in total. The number of ether oxygens (including phenoxy) is 1. The Morgan fingerprint density at radius 3 is 2.31 bits per heavy atom. The van der Waals surface area contributed by atoms with Gasteiger partial charge in [-0.3, -0.25) is 4.79 Å². The molecule has 4 rings (SSSR count). The van der Waals surface area contributed by atoms with Crippen LogP contribution in [0.2, 0.25) is 0 Å². The summed E-state index contributed by atoms with van der Waals surface area (Å²) in [6.45, 7) is -0.954. The zero-order valence-corrected chi connectivity index (χ0v) is 16.1. The summed E-state index contributed by atoms with van der Waals surface area (Å²) >= 11 is 0. The summed E-state index contributed by atoms with van der Waals surface area (Å²) in [5.74, 6) is -8.64. The summed E-state index contributed by atoms with van der Waals surface area (Å²) in [5, 5.41) is 1.67. The van der Waals surface area contributed by atoms with E-state index in [0.717, 1.165) is 5.52 Å². The van der Waals surface area contributed by atoms with Crippen molar-refractivity contribution in [3.63, 3.8) is 0 Å². The molecule has 0 atom stereocenters. The van der Waals surface area contributed by atoms with Gasteiger partial charge in [0.2, 0.25) is 0 Å². The number of halogens is 4. The zero-order chi connectivity index (χ0) is 22.8. The first-order chi connectivity index (χ1) is 15.3. The van der Waals surface area contributed by atoms with Crippen LogP contribution in [0.5, 0.6) is 0 Å². The number of hydrogen-bond donors (Lipinski definition) is 2. The van der Waals surface area contributed by atoms with E-state index in [1.54, 1.807) is 29.6 Å². The molecule has 1 amide bonds. The average molecular weight is 443 g/mol. The van der Waals surface area contributed by atoms with E-state index in [1.807, 2.05) is 18.2 Å². The van der Waals surface area contributed by atoms with Crippen molar-refractivity contribution in [2.45, 2.75) is 0 Å². The molecule has 0 bridgehead atoms. The first kappa shape index (κ1) is 21.0. The maximum atomic E-state index is 13.7. The van der Waals surface area contributed by atoms with Gasteiger partial charge in [-0.25, -0.2) is 27.3 Å². The summed E-state index contributed by atoms with van der Waals surface area (Å²) in [6, 6.07) is 13.5. The molecule has 0 aliphatic heterocycles. The summed E-state index contributed by atoms with van der Waals surface area (Å²) < 4.78 is 58.8. The number of H-pyrrole nitrogens is 1. The van der Waals surface area contributed by atoms with E-state index in [1.165, 1.54) is 6.07 Å². The Bertz CT molecular complexity index is 1290. The quantitative estimate of drug-likeness (QED) is 0.269. The lowest BCUT2D eigenvalue weighted by Gasteiger charge is -2.10. The highest BCUT2D eigenvalue weighted by atomic mass is 19.2. The van der Waals surface area contributed by atoms with Crippen molar-refractivity contribution in [2.75, 3.05) is 11.9 Å². The number of nitrogens with zero attached hydrogens (tertiary/aromatic N) is 1. The normalized spacial score (nSPS) is 10.9. The van der Waals surface area contributed by atoms with Gasteiger partial charge < -0.3 is 15.0 Å². The molecule has 0 fully saturated rings. The van der Waals surface area contributed by atoms with Gasteiger partial charge in [-0.05, 0) is 18.2 Å². The number of carbonyl (C=O) groups is 2. The molecule has 0 unspecified atom stereocenters. The Morgan fingerprint density at radius 1 is 0.938 bits per heavy atom. The van der Waals surface area contributed by atoms with Crippen LogP contribution in [0, 0.1) is 23.3 Å². The lowest BCUT2D eigenvalue weighted by atomic mass is 10.1. The molecule has 0 saturated heterocycles. The summed E-state index contributed by atoms with van der Waals surface area (Å²) in [4.78, 5) is 32.0. The van der Waals surface area contributed by atoms with E-state index in [-0.39, 0.29) is 11.6 Å². The molecule has 162 valence electrons. The molecular formula is C22H13F4N3O3. The number of anilines is 1. The molecule has 32 heavy (non-hydrogen) atoms. The second kappa shape index (κ2) is 8.50. The minimum Gasteiger partial charge on any atom is -0.452 e. The predicted molar refractivity (Wildman–Crippen MR) is 107 cm³/mol. The summed E-state index contributed by atoms with van der Waals surface area (Å²) in [6.07, 6.45) is 0. The first-order valence-corrected chi connectivity index (χ1v) is 9.19. The third-order valence-corrected chi connectivity index (χ3v) is 4.50. The predicted octanol–water partition coefficient (Wildman–Crippen LogP) is 4.58. The summed E-state index contributed by atoms with van der Waals surface area (Å²) in [5.41, 5.74) is 0.589. The smallest absolute Gasteiger partial charge is 0.339 e. The molecule has 2 N–H and O–H groups in total. The van der Waals surface area contributed by atoms with E-state index in [2.05, 4.69) is 9.97 Å². The maximum Gasteiger partial charge on any atom is 0.339 e. The van der Waals surface area contributed by atoms with Crippen molar-refractivity contribution in [3.8, 4) is 11.4 Å². The van der Waals surface area contributed by atoms with E-state index in [0.29, 0.717) is 16.9 Å². The van der Waals surface area contributed by atoms with Gasteiger partial charge in [0, 0.05) is 11.6 Å². The van der Waals surface area contributed by atoms with E-state index < -0.39 is 47.4 Å². The number of aromatic nitrogens is 2. The molecule has 0 spiro atoms. The number of hydrogen-bond acceptors (Lipinski definition) is 4. The topological polar surface area (TPSA) is 84.1 Å². The minimum atomic E-state index is -1.78. The van der Waals surface area contributed by atoms with Crippen LogP contribution in [0.25, 0.3) is 22.4 Å². The van der Waals surface area contributed by atoms with Crippen LogP contribution in [0.1, 0.15) is 10.4 Å². The minimum absolute atomic E-state index is 0.00927. The number of aromatic amines is 1. The Labute approximate surface area is 177 Å². The number of rotatable bonds is 5. The van der Waals surface area contributed by atoms with Crippen LogP contribution in [-0.2, 0) is 9.53 Å². The number of fused-ring (bicyclic) bond motifs is 1. The van der Waals surface area contributed by atoms with E-state index >= 15 is 0 Å². The lowest BCUT2D eigenvalue weighted by molar-refractivity contribution is -0.119. The van der Waals surface area contributed by atoms with Gasteiger partial charge in [0.25, 0.3) is 5.91 Å². The van der Waals surface area contributed by atoms with Crippen LogP contribution in [0.15, 0.2) is 54.6 Å². The van der Waals surface area contributed by atoms with Crippen molar-refractivity contribution in [2.24, 2.45) is 0 Å². The standard InChI is InChI=1S/C22H13F4N3O3/c23-13-9-14(24)19(26)20(18(13)25)29-17(30)10-32-22(31)12-6-2-1-5-11(12)21-27-15-7-3-4-8-16(15)28-21/h1-9H,10H2,(H,27,28)(H,29,30). The zero-order valence-electron chi connectivity index (χ0n) is 16.1. The number of benzene rings is 3. The van der Waals surface area contributed by atoms with E-state index in [9.17, 15) is 27.2 Å². The number of amides is 1. The molecule has 0 aliphatic rings. The molecule has 0 radical (unpaired) electrons. The van der Waals surface area contributed by atoms with Crippen LogP contribution < -0.4 is 5.32 Å². The number of esters is 1. The second-order valence-electron chi connectivity index (χ2n) is 6.62. The molecule has 0 saturated carbocycles. The number of para-hydroxylation sites is 2. The third kappa shape index (κ3) is 4.02. The van der Waals surface area contributed by atoms with Crippen LogP contribution in [0.3, 0.4) is 0 Å². The molecule has 10 heteroatoms. The SMILES string of the molecule is O=C(COC(=O)c1ccccc1-c1nc2ccccc2[nH]1)Nc1c(F)c(F)cc(F)c1F. The Hall–Kier alpha value is -4.21. The maximum absolute atomic E-state index is 13.7. The largest absolute Gasteiger partial charge is 0.452 e. The number of nitrogens with one attached hydrogen (secondary N) is 2. The van der Waals surface area contributed by atoms with Gasteiger partial charge in [-0.15, -0.1) is 0 Å².